The van der Waals surface area contributed by atoms with E-state index in [1.54, 1.807) is 12.1 Å². The molecule has 104 valence electrons. The van der Waals surface area contributed by atoms with E-state index >= 15 is 0 Å². The molecule has 3 rings (SSSR count). The molecule has 0 aliphatic carbocycles. The van der Waals surface area contributed by atoms with Gasteiger partial charge >= 0.3 is 0 Å². The normalized spacial score (nSPS) is 10.8. The summed E-state index contributed by atoms with van der Waals surface area (Å²) in [6.45, 7) is 0. The lowest BCUT2D eigenvalue weighted by Gasteiger charge is -2.03. The van der Waals surface area contributed by atoms with Gasteiger partial charge in [0.05, 0.1) is 5.39 Å². The first-order valence-corrected chi connectivity index (χ1v) is 6.45. The van der Waals surface area contributed by atoms with Crippen molar-refractivity contribution in [1.29, 1.82) is 0 Å². The van der Waals surface area contributed by atoms with E-state index in [0.717, 1.165) is 12.3 Å². The Hall–Kier alpha value is -2.46. The predicted molar refractivity (Wildman–Crippen MR) is 77.3 cm³/mol. The summed E-state index contributed by atoms with van der Waals surface area (Å²) in [5.41, 5.74) is -0.229. The Balaban J connectivity index is 2.19. The molecule has 21 heavy (non-hydrogen) atoms. The monoisotopic (exact) mass is 302 g/mol. The Labute approximate surface area is 123 Å². The minimum absolute atomic E-state index is 0.0867. The largest absolute Gasteiger partial charge is 0.463 e. The van der Waals surface area contributed by atoms with Gasteiger partial charge in [0.25, 0.3) is 0 Å². The second kappa shape index (κ2) is 5.14. The molecule has 0 saturated carbocycles. The van der Waals surface area contributed by atoms with Crippen molar-refractivity contribution in [3.05, 3.63) is 80.9 Å². The summed E-state index contributed by atoms with van der Waals surface area (Å²) in [6, 6.07) is 9.71. The third kappa shape index (κ3) is 2.45. The molecular weight excluding hydrogens is 295 g/mol. The van der Waals surface area contributed by atoms with E-state index in [0.29, 0.717) is 10.6 Å². The van der Waals surface area contributed by atoms with Crippen LogP contribution in [0.25, 0.3) is 11.0 Å². The van der Waals surface area contributed by atoms with Gasteiger partial charge in [-0.1, -0.05) is 23.7 Å². The number of hydrogen-bond acceptors (Lipinski definition) is 3. The first-order chi connectivity index (χ1) is 10.1. The van der Waals surface area contributed by atoms with Crippen molar-refractivity contribution >= 4 is 28.4 Å². The number of fused-ring (bicyclic) bond motifs is 1. The van der Waals surface area contributed by atoms with E-state index in [9.17, 15) is 14.0 Å². The summed E-state index contributed by atoms with van der Waals surface area (Å²) in [4.78, 5) is 24.6. The van der Waals surface area contributed by atoms with Gasteiger partial charge in [-0.05, 0) is 30.3 Å². The van der Waals surface area contributed by atoms with Crippen molar-refractivity contribution < 1.29 is 13.6 Å². The molecule has 2 aromatic carbocycles. The second-order valence-corrected chi connectivity index (χ2v) is 4.89. The summed E-state index contributed by atoms with van der Waals surface area (Å²) in [5.74, 6) is -1.14. The Kier molecular flexibility index (Phi) is 3.31. The van der Waals surface area contributed by atoms with Crippen LogP contribution in [-0.4, -0.2) is 5.78 Å². The summed E-state index contributed by atoms with van der Waals surface area (Å²) in [5, 5.41) is 0.579. The number of rotatable bonds is 2. The van der Waals surface area contributed by atoms with Crippen LogP contribution in [0.1, 0.15) is 15.9 Å². The highest BCUT2D eigenvalue weighted by Crippen LogP contribution is 2.18. The maximum absolute atomic E-state index is 13.2. The summed E-state index contributed by atoms with van der Waals surface area (Å²) >= 11 is 5.85. The Morgan fingerprint density at radius 2 is 1.95 bits per heavy atom. The van der Waals surface area contributed by atoms with Crippen LogP contribution < -0.4 is 5.43 Å². The number of carbonyl (C=O) groups is 1. The molecule has 0 unspecified atom stereocenters. The second-order valence-electron chi connectivity index (χ2n) is 4.46. The predicted octanol–water partition coefficient (Wildman–Crippen LogP) is 3.82. The number of carbonyl (C=O) groups excluding carboxylic acids is 1. The number of ketones is 1. The van der Waals surface area contributed by atoms with Gasteiger partial charge < -0.3 is 4.42 Å². The first kappa shape index (κ1) is 13.5. The van der Waals surface area contributed by atoms with E-state index in [4.69, 9.17) is 16.0 Å². The summed E-state index contributed by atoms with van der Waals surface area (Å²) < 4.78 is 18.5. The quantitative estimate of drug-likeness (QED) is 0.676. The molecule has 3 nitrogen and oxygen atoms in total. The highest BCUT2D eigenvalue weighted by atomic mass is 35.5. The van der Waals surface area contributed by atoms with E-state index in [2.05, 4.69) is 0 Å². The molecule has 1 aromatic heterocycles. The van der Waals surface area contributed by atoms with Crippen LogP contribution in [0.5, 0.6) is 0 Å². The van der Waals surface area contributed by atoms with Crippen molar-refractivity contribution in [2.45, 2.75) is 0 Å². The molecule has 0 saturated heterocycles. The van der Waals surface area contributed by atoms with Crippen molar-refractivity contribution in [3.63, 3.8) is 0 Å². The molecule has 3 aromatic rings. The van der Waals surface area contributed by atoms with E-state index < -0.39 is 17.0 Å². The smallest absolute Gasteiger partial charge is 0.203 e. The number of hydrogen-bond donors (Lipinski definition) is 0. The highest BCUT2D eigenvalue weighted by Gasteiger charge is 2.16. The van der Waals surface area contributed by atoms with Crippen molar-refractivity contribution in [2.75, 3.05) is 0 Å². The molecule has 5 heteroatoms. The summed E-state index contributed by atoms with van der Waals surface area (Å²) in [7, 11) is 0. The third-order valence-corrected chi connectivity index (χ3v) is 3.30. The van der Waals surface area contributed by atoms with E-state index in [1.807, 2.05) is 0 Å². The Morgan fingerprint density at radius 1 is 1.14 bits per heavy atom. The Bertz CT molecular complexity index is 915. The molecule has 0 atom stereocenters. The Morgan fingerprint density at radius 3 is 2.71 bits per heavy atom. The molecule has 0 amide bonds. The van der Waals surface area contributed by atoms with E-state index in [1.165, 1.54) is 24.3 Å². The van der Waals surface area contributed by atoms with Crippen LogP contribution in [0.2, 0.25) is 5.02 Å². The minimum Gasteiger partial charge on any atom is -0.463 e. The molecule has 0 N–H and O–H groups in total. The average molecular weight is 303 g/mol. The topological polar surface area (TPSA) is 47.3 Å². The van der Waals surface area contributed by atoms with Gasteiger partial charge in [0, 0.05) is 10.6 Å². The van der Waals surface area contributed by atoms with Crippen molar-refractivity contribution in [2.24, 2.45) is 0 Å². The fourth-order valence-corrected chi connectivity index (χ4v) is 2.22. The van der Waals surface area contributed by atoms with Crippen LogP contribution in [0.3, 0.4) is 0 Å². The van der Waals surface area contributed by atoms with Crippen molar-refractivity contribution in [1.82, 2.24) is 0 Å². The third-order valence-electron chi connectivity index (χ3n) is 3.07. The molecule has 0 fully saturated rings. The maximum Gasteiger partial charge on any atom is 0.203 e. The molecule has 0 radical (unpaired) electrons. The van der Waals surface area contributed by atoms with Crippen LogP contribution in [0.4, 0.5) is 4.39 Å². The lowest BCUT2D eigenvalue weighted by molar-refractivity contribution is 0.103. The van der Waals surface area contributed by atoms with Gasteiger partial charge in [0.15, 0.2) is 5.78 Å². The van der Waals surface area contributed by atoms with Gasteiger partial charge in [0.1, 0.15) is 23.2 Å². The van der Waals surface area contributed by atoms with Crippen LogP contribution in [0.15, 0.2) is 57.9 Å². The SMILES string of the molecule is O=C(c1cccc(F)c1)c1coc2ccc(Cl)cc2c1=O. The zero-order valence-electron chi connectivity index (χ0n) is 10.6. The van der Waals surface area contributed by atoms with Gasteiger partial charge in [-0.3, -0.25) is 9.59 Å². The highest BCUT2D eigenvalue weighted by molar-refractivity contribution is 6.31. The van der Waals surface area contributed by atoms with Crippen molar-refractivity contribution in [3.8, 4) is 0 Å². The average Bonchev–Trinajstić information content (AvgIpc) is 2.47. The fraction of sp³-hybridized carbons (Fsp3) is 0. The lowest BCUT2D eigenvalue weighted by atomic mass is 10.0. The molecular formula is C16H8ClFO3. The minimum atomic E-state index is -0.592. The van der Waals surface area contributed by atoms with Gasteiger partial charge in [-0.25, -0.2) is 4.39 Å². The summed E-state index contributed by atoms with van der Waals surface area (Å²) in [6.07, 6.45) is 1.09. The molecule has 0 bridgehead atoms. The first-order valence-electron chi connectivity index (χ1n) is 6.07. The fourth-order valence-electron chi connectivity index (χ4n) is 2.05. The number of benzene rings is 2. The molecule has 0 aliphatic rings. The zero-order chi connectivity index (χ0) is 15.0. The lowest BCUT2D eigenvalue weighted by Crippen LogP contribution is -2.15. The zero-order valence-corrected chi connectivity index (χ0v) is 11.4. The van der Waals surface area contributed by atoms with Gasteiger partial charge in [0.2, 0.25) is 5.43 Å². The number of halogens is 2. The molecule has 0 aliphatic heterocycles. The maximum atomic E-state index is 13.2. The van der Waals surface area contributed by atoms with Crippen LogP contribution in [-0.2, 0) is 0 Å². The van der Waals surface area contributed by atoms with E-state index in [-0.39, 0.29) is 16.5 Å². The molecule has 1 heterocycles. The standard InChI is InChI=1S/C16H8ClFO3/c17-10-4-5-14-12(7-10)16(20)13(8-21-14)15(19)9-2-1-3-11(18)6-9/h1-8H. The molecule has 0 spiro atoms. The van der Waals surface area contributed by atoms with Gasteiger partial charge in [-0.2, -0.15) is 0 Å². The van der Waals surface area contributed by atoms with Gasteiger partial charge in [-0.15, -0.1) is 0 Å². The van der Waals surface area contributed by atoms with Crippen LogP contribution >= 0.6 is 11.6 Å². The van der Waals surface area contributed by atoms with Crippen LogP contribution in [0, 0.1) is 5.82 Å².